The molecule has 1 aliphatic rings. The Morgan fingerprint density at radius 1 is 0.893 bits per heavy atom. The van der Waals surface area contributed by atoms with E-state index in [1.165, 1.54) is 0 Å². The van der Waals surface area contributed by atoms with Gasteiger partial charge in [-0.25, -0.2) is 0 Å². The van der Waals surface area contributed by atoms with Gasteiger partial charge in [-0.2, -0.15) is 5.26 Å². The monoisotopic (exact) mass is 365 g/mol. The van der Waals surface area contributed by atoms with Crippen LogP contribution in [-0.2, 0) is 5.54 Å². The lowest BCUT2D eigenvalue weighted by Gasteiger charge is -2.39. The summed E-state index contributed by atoms with van der Waals surface area (Å²) < 4.78 is 6.26. The summed E-state index contributed by atoms with van der Waals surface area (Å²) in [5.41, 5.74) is 11.4. The quantitative estimate of drug-likeness (QED) is 0.564. The predicted octanol–water partition coefficient (Wildman–Crippen LogP) is 4.40. The van der Waals surface area contributed by atoms with Gasteiger partial charge in [-0.15, -0.1) is 0 Å². The number of hydrogen-bond donors (Lipinski definition) is 2. The Morgan fingerprint density at radius 3 is 2.29 bits per heavy atom. The van der Waals surface area contributed by atoms with Gasteiger partial charge in [0.1, 0.15) is 11.8 Å². The molecule has 0 amide bonds. The first-order valence-electron chi connectivity index (χ1n) is 9.31. The number of nitrogens with zero attached hydrogens (tertiary/aromatic N) is 1. The van der Waals surface area contributed by atoms with Crippen molar-refractivity contribution >= 4 is 11.0 Å². The Hall–Kier alpha value is -3.39. The number of benzene rings is 3. The zero-order chi connectivity index (χ0) is 19.1. The molecular weight excluding hydrogens is 346 g/mol. The molecule has 0 aliphatic carbocycles. The molecule has 0 unspecified atom stereocenters. The minimum Gasteiger partial charge on any atom is -0.454 e. The van der Waals surface area contributed by atoms with Gasteiger partial charge in [-0.3, -0.25) is 0 Å². The molecule has 3 aromatic carbocycles. The number of furan rings is 1. The van der Waals surface area contributed by atoms with Crippen molar-refractivity contribution in [1.29, 1.82) is 5.26 Å². The molecule has 5 rings (SSSR count). The molecule has 0 spiro atoms. The number of nitrogens with two attached hydrogens (primary N) is 1. The van der Waals surface area contributed by atoms with Gasteiger partial charge >= 0.3 is 0 Å². The number of rotatable bonds is 3. The fourth-order valence-electron chi connectivity index (χ4n) is 3.85. The number of para-hydroxylation sites is 1. The van der Waals surface area contributed by atoms with E-state index in [0.29, 0.717) is 11.1 Å². The van der Waals surface area contributed by atoms with Crippen molar-refractivity contribution in [3.05, 3.63) is 83.9 Å². The average molecular weight is 365 g/mol. The highest BCUT2D eigenvalue weighted by Gasteiger charge is 2.34. The summed E-state index contributed by atoms with van der Waals surface area (Å²) in [6, 6.07) is 26.3. The lowest BCUT2D eigenvalue weighted by atomic mass is 9.85. The van der Waals surface area contributed by atoms with Crippen molar-refractivity contribution in [2.24, 2.45) is 5.73 Å². The molecule has 136 valence electrons. The molecule has 1 fully saturated rings. The van der Waals surface area contributed by atoms with E-state index >= 15 is 0 Å². The number of nitriles is 1. The third-order valence-electron chi connectivity index (χ3n) is 5.50. The summed E-state index contributed by atoms with van der Waals surface area (Å²) >= 11 is 0. The van der Waals surface area contributed by atoms with Crippen LogP contribution in [0.2, 0.25) is 0 Å². The van der Waals surface area contributed by atoms with Crippen LogP contribution in [0.3, 0.4) is 0 Å². The molecule has 1 saturated heterocycles. The van der Waals surface area contributed by atoms with Gasteiger partial charge in [-0.1, -0.05) is 66.7 Å². The van der Waals surface area contributed by atoms with Crippen molar-refractivity contribution in [2.45, 2.75) is 5.54 Å². The summed E-state index contributed by atoms with van der Waals surface area (Å²) in [7, 11) is 0. The van der Waals surface area contributed by atoms with Crippen molar-refractivity contribution in [2.75, 3.05) is 13.1 Å². The number of fused-ring (bicyclic) bond motifs is 1. The third kappa shape index (κ3) is 2.53. The molecule has 0 bridgehead atoms. The highest BCUT2D eigenvalue weighted by atomic mass is 16.3. The van der Waals surface area contributed by atoms with Crippen molar-refractivity contribution in [3.63, 3.8) is 0 Å². The van der Waals surface area contributed by atoms with E-state index < -0.39 is 0 Å². The summed E-state index contributed by atoms with van der Waals surface area (Å²) in [5.74, 6) is 0.772. The van der Waals surface area contributed by atoms with Crippen LogP contribution in [0.15, 0.2) is 77.2 Å². The molecule has 3 N–H and O–H groups in total. The molecule has 4 nitrogen and oxygen atoms in total. The zero-order valence-electron chi connectivity index (χ0n) is 15.3. The van der Waals surface area contributed by atoms with E-state index in [1.807, 2.05) is 30.3 Å². The van der Waals surface area contributed by atoms with Crippen molar-refractivity contribution < 1.29 is 4.42 Å². The van der Waals surface area contributed by atoms with Gasteiger partial charge in [-0.05, 0) is 17.2 Å². The Kier molecular flexibility index (Phi) is 3.80. The zero-order valence-corrected chi connectivity index (χ0v) is 15.3. The van der Waals surface area contributed by atoms with Gasteiger partial charge < -0.3 is 15.5 Å². The minimum absolute atomic E-state index is 0.289. The summed E-state index contributed by atoms with van der Waals surface area (Å²) in [4.78, 5) is 0. The first-order chi connectivity index (χ1) is 13.7. The Bertz CT molecular complexity index is 1200. The van der Waals surface area contributed by atoms with Crippen molar-refractivity contribution in [1.82, 2.24) is 5.32 Å². The maximum atomic E-state index is 9.51. The maximum Gasteiger partial charge on any atom is 0.153 e. The van der Waals surface area contributed by atoms with Crippen LogP contribution in [0.5, 0.6) is 0 Å². The van der Waals surface area contributed by atoms with Crippen LogP contribution >= 0.6 is 0 Å². The lowest BCUT2D eigenvalue weighted by molar-refractivity contribution is 0.287. The Balaban J connectivity index is 1.72. The highest BCUT2D eigenvalue weighted by molar-refractivity contribution is 6.03. The first-order valence-corrected chi connectivity index (χ1v) is 9.31. The van der Waals surface area contributed by atoms with Gasteiger partial charge in [0.05, 0.1) is 11.1 Å². The highest BCUT2D eigenvalue weighted by Crippen LogP contribution is 2.42. The third-order valence-corrected chi connectivity index (χ3v) is 5.50. The molecular formula is C24H19N3O. The van der Waals surface area contributed by atoms with Crippen LogP contribution in [-0.4, -0.2) is 13.1 Å². The predicted molar refractivity (Wildman–Crippen MR) is 111 cm³/mol. The topological polar surface area (TPSA) is 75.0 Å². The van der Waals surface area contributed by atoms with Crippen LogP contribution < -0.4 is 11.1 Å². The van der Waals surface area contributed by atoms with Crippen molar-refractivity contribution in [3.8, 4) is 28.5 Å². The maximum absolute atomic E-state index is 9.51. The lowest BCUT2D eigenvalue weighted by Crippen LogP contribution is -2.62. The molecule has 0 radical (unpaired) electrons. The molecule has 2 heterocycles. The first kappa shape index (κ1) is 16.8. The summed E-state index contributed by atoms with van der Waals surface area (Å²) in [6.07, 6.45) is 0. The molecule has 4 heteroatoms. The fourth-order valence-corrected chi connectivity index (χ4v) is 3.85. The average Bonchev–Trinajstić information content (AvgIpc) is 3.12. The van der Waals surface area contributed by atoms with Gasteiger partial charge in [0.2, 0.25) is 0 Å². The van der Waals surface area contributed by atoms with E-state index in [4.69, 9.17) is 10.2 Å². The van der Waals surface area contributed by atoms with E-state index in [0.717, 1.165) is 46.5 Å². The van der Waals surface area contributed by atoms with Gasteiger partial charge in [0.25, 0.3) is 0 Å². The number of nitrogens with one attached hydrogen (secondary N) is 1. The summed E-state index contributed by atoms with van der Waals surface area (Å²) in [5, 5.41) is 13.7. The Labute approximate surface area is 163 Å². The second-order valence-corrected chi connectivity index (χ2v) is 7.30. The minimum atomic E-state index is -0.289. The Morgan fingerprint density at radius 2 is 1.64 bits per heavy atom. The van der Waals surface area contributed by atoms with E-state index in [1.54, 1.807) is 6.07 Å². The van der Waals surface area contributed by atoms with E-state index in [-0.39, 0.29) is 5.54 Å². The van der Waals surface area contributed by atoms with E-state index in [9.17, 15) is 5.26 Å². The molecule has 28 heavy (non-hydrogen) atoms. The normalized spacial score (nSPS) is 15.1. The van der Waals surface area contributed by atoms with Crippen LogP contribution in [0.1, 0.15) is 11.1 Å². The SMILES string of the molecule is N#Cc1cccc2c(-c3ccccc3)c(-c3ccc(C4(N)CNC4)cc3)oc12. The molecule has 4 aromatic rings. The molecule has 0 atom stereocenters. The van der Waals surface area contributed by atoms with Crippen LogP contribution in [0.25, 0.3) is 33.4 Å². The molecule has 1 aliphatic heterocycles. The van der Waals surface area contributed by atoms with Crippen LogP contribution in [0.4, 0.5) is 0 Å². The molecule has 1 aromatic heterocycles. The second-order valence-electron chi connectivity index (χ2n) is 7.30. The fraction of sp³-hybridized carbons (Fsp3) is 0.125. The summed E-state index contributed by atoms with van der Waals surface area (Å²) in [6.45, 7) is 1.58. The van der Waals surface area contributed by atoms with E-state index in [2.05, 4.69) is 47.8 Å². The van der Waals surface area contributed by atoms with Gasteiger partial charge in [0.15, 0.2) is 5.58 Å². The van der Waals surface area contributed by atoms with Gasteiger partial charge in [0, 0.05) is 29.6 Å². The standard InChI is InChI=1S/C24H19N3O/c25-13-18-7-4-8-20-21(16-5-2-1-3-6-16)23(28-22(18)20)17-9-11-19(12-10-17)24(26)14-27-15-24/h1-12,27H,14-15,26H2. The largest absolute Gasteiger partial charge is 0.454 e. The molecule has 0 saturated carbocycles. The number of hydrogen-bond acceptors (Lipinski definition) is 4. The second kappa shape index (κ2) is 6.35. The smallest absolute Gasteiger partial charge is 0.153 e. The van der Waals surface area contributed by atoms with Crippen LogP contribution in [0, 0.1) is 11.3 Å².